The first-order valence-corrected chi connectivity index (χ1v) is 11.9. The van der Waals surface area contributed by atoms with Crippen molar-refractivity contribution in [1.29, 1.82) is 0 Å². The Bertz CT molecular complexity index is 1150. The van der Waals surface area contributed by atoms with Crippen LogP contribution in [0.25, 0.3) is 11.1 Å². The van der Waals surface area contributed by atoms with Crippen molar-refractivity contribution < 1.29 is 14.1 Å². The number of fused-ring (bicyclic) bond motifs is 1. The molecule has 0 bridgehead atoms. The molecule has 0 unspecified atom stereocenters. The highest BCUT2D eigenvalue weighted by molar-refractivity contribution is 6.12. The quantitative estimate of drug-likeness (QED) is 0.585. The highest BCUT2D eigenvalue weighted by Crippen LogP contribution is 2.41. The van der Waals surface area contributed by atoms with Crippen LogP contribution in [0.4, 0.5) is 5.69 Å². The van der Waals surface area contributed by atoms with Gasteiger partial charge in [-0.05, 0) is 48.4 Å². The number of aromatic nitrogens is 2. The van der Waals surface area contributed by atoms with Gasteiger partial charge in [-0.25, -0.2) is 4.98 Å². The number of ether oxygens (including phenoxy) is 1. The fraction of sp³-hybridized carbons (Fsp3) is 0.500. The summed E-state index contributed by atoms with van der Waals surface area (Å²) >= 11 is 0. The van der Waals surface area contributed by atoms with Crippen LogP contribution in [0.3, 0.4) is 0 Å². The van der Waals surface area contributed by atoms with E-state index >= 15 is 0 Å². The van der Waals surface area contributed by atoms with E-state index in [4.69, 9.17) is 14.2 Å². The maximum Gasteiger partial charge on any atom is 0.259 e. The van der Waals surface area contributed by atoms with Crippen LogP contribution in [-0.4, -0.2) is 47.3 Å². The number of amides is 1. The van der Waals surface area contributed by atoms with Gasteiger partial charge in [-0.3, -0.25) is 9.69 Å². The molecule has 1 N–H and O–H groups in total. The number of anilines is 1. The molecule has 2 aliphatic rings. The molecule has 3 heterocycles. The maximum absolute atomic E-state index is 13.5. The summed E-state index contributed by atoms with van der Waals surface area (Å²) in [6.45, 7) is 10.7. The first kappa shape index (κ1) is 22.0. The van der Waals surface area contributed by atoms with Crippen LogP contribution in [0.5, 0.6) is 0 Å². The summed E-state index contributed by atoms with van der Waals surface area (Å²) in [7, 11) is 0. The molecule has 3 aromatic rings. The molecule has 2 fully saturated rings. The highest BCUT2D eigenvalue weighted by atomic mass is 16.5. The number of carbonyl (C=O) groups is 1. The van der Waals surface area contributed by atoms with Crippen molar-refractivity contribution in [2.24, 2.45) is 5.41 Å². The number of benzene rings is 1. The Balaban J connectivity index is 1.43. The Kier molecular flexibility index (Phi) is 5.93. The van der Waals surface area contributed by atoms with E-state index in [0.717, 1.165) is 68.2 Å². The third kappa shape index (κ3) is 5.25. The van der Waals surface area contributed by atoms with Crippen molar-refractivity contribution in [1.82, 2.24) is 15.0 Å². The van der Waals surface area contributed by atoms with Crippen LogP contribution in [-0.2, 0) is 17.7 Å². The van der Waals surface area contributed by atoms with Crippen molar-refractivity contribution in [2.45, 2.75) is 52.5 Å². The number of morpholine rings is 1. The van der Waals surface area contributed by atoms with Crippen LogP contribution in [0.2, 0.25) is 0 Å². The van der Waals surface area contributed by atoms with Gasteiger partial charge in [-0.15, -0.1) is 0 Å². The molecule has 1 aliphatic carbocycles. The standard InChI is InChI=1S/C26H32N4O3/c1-26(2,3)15-22-23-20(14-21(18-7-8-18)28-25(23)33-29-22)24(31)27-19-6-4-5-17(13-19)16-30-9-11-32-12-10-30/h4-6,13-14,18H,7-12,15-16H2,1-3H3,(H,27,31). The molecule has 1 aromatic carbocycles. The fourth-order valence-electron chi connectivity index (χ4n) is 4.38. The van der Waals surface area contributed by atoms with Crippen molar-refractivity contribution >= 4 is 22.7 Å². The van der Waals surface area contributed by atoms with Gasteiger partial charge >= 0.3 is 0 Å². The van der Waals surface area contributed by atoms with E-state index in [-0.39, 0.29) is 11.3 Å². The van der Waals surface area contributed by atoms with Gasteiger partial charge in [0.2, 0.25) is 0 Å². The van der Waals surface area contributed by atoms with Crippen LogP contribution >= 0.6 is 0 Å². The number of hydrogen-bond acceptors (Lipinski definition) is 6. The normalized spacial score (nSPS) is 17.4. The SMILES string of the molecule is CC(C)(C)Cc1noc2nc(C3CC3)cc(C(=O)Nc3cccc(CN4CCOCC4)c3)c12. The minimum atomic E-state index is -0.147. The van der Waals surface area contributed by atoms with Gasteiger partial charge in [0.1, 0.15) is 0 Å². The Morgan fingerprint density at radius 3 is 2.70 bits per heavy atom. The van der Waals surface area contributed by atoms with Gasteiger partial charge in [0.25, 0.3) is 11.6 Å². The first-order chi connectivity index (χ1) is 15.9. The third-order valence-corrected chi connectivity index (χ3v) is 6.17. The van der Waals surface area contributed by atoms with Gasteiger partial charge < -0.3 is 14.6 Å². The van der Waals surface area contributed by atoms with Crippen LogP contribution in [0, 0.1) is 5.41 Å². The van der Waals surface area contributed by atoms with E-state index in [9.17, 15) is 4.79 Å². The molecule has 7 nitrogen and oxygen atoms in total. The van der Waals surface area contributed by atoms with Crippen molar-refractivity contribution in [3.8, 4) is 0 Å². The summed E-state index contributed by atoms with van der Waals surface area (Å²) < 4.78 is 11.0. The molecule has 174 valence electrons. The van der Waals surface area contributed by atoms with Crippen molar-refractivity contribution in [2.75, 3.05) is 31.6 Å². The van der Waals surface area contributed by atoms with Gasteiger partial charge in [0.15, 0.2) is 0 Å². The minimum absolute atomic E-state index is 0.0144. The summed E-state index contributed by atoms with van der Waals surface area (Å²) in [4.78, 5) is 20.6. The Labute approximate surface area is 194 Å². The molecule has 0 spiro atoms. The summed E-state index contributed by atoms with van der Waals surface area (Å²) in [6, 6.07) is 10.0. The Morgan fingerprint density at radius 2 is 1.97 bits per heavy atom. The summed E-state index contributed by atoms with van der Waals surface area (Å²) in [6.07, 6.45) is 2.91. The van der Waals surface area contributed by atoms with E-state index < -0.39 is 0 Å². The average Bonchev–Trinajstić information content (AvgIpc) is 3.55. The molecule has 1 amide bonds. The molecule has 33 heavy (non-hydrogen) atoms. The number of nitrogens with zero attached hydrogens (tertiary/aromatic N) is 3. The zero-order valence-corrected chi connectivity index (χ0v) is 19.7. The van der Waals surface area contributed by atoms with E-state index in [1.54, 1.807) is 0 Å². The molecule has 1 saturated heterocycles. The second-order valence-corrected chi connectivity index (χ2v) is 10.5. The molecule has 0 atom stereocenters. The second-order valence-electron chi connectivity index (χ2n) is 10.5. The Morgan fingerprint density at radius 1 is 1.18 bits per heavy atom. The minimum Gasteiger partial charge on any atom is -0.379 e. The monoisotopic (exact) mass is 448 g/mol. The van der Waals surface area contributed by atoms with E-state index in [1.165, 1.54) is 5.56 Å². The molecular formula is C26H32N4O3. The van der Waals surface area contributed by atoms with Gasteiger partial charge in [0.05, 0.1) is 29.9 Å². The topological polar surface area (TPSA) is 80.5 Å². The summed E-state index contributed by atoms with van der Waals surface area (Å²) in [5, 5.41) is 8.15. The van der Waals surface area contributed by atoms with E-state index in [2.05, 4.69) is 48.3 Å². The predicted octanol–water partition coefficient (Wildman–Crippen LogP) is 4.77. The van der Waals surface area contributed by atoms with E-state index in [0.29, 0.717) is 23.6 Å². The number of pyridine rings is 1. The predicted molar refractivity (Wildman–Crippen MR) is 127 cm³/mol. The second kappa shape index (κ2) is 8.88. The lowest BCUT2D eigenvalue weighted by Crippen LogP contribution is -2.35. The molecule has 1 saturated carbocycles. The number of carbonyl (C=O) groups excluding carboxylic acids is 1. The van der Waals surface area contributed by atoms with Crippen LogP contribution in [0.15, 0.2) is 34.9 Å². The van der Waals surface area contributed by atoms with E-state index in [1.807, 2.05) is 18.2 Å². The number of nitrogens with one attached hydrogen (secondary N) is 1. The zero-order valence-electron chi connectivity index (χ0n) is 19.7. The lowest BCUT2D eigenvalue weighted by molar-refractivity contribution is 0.0342. The molecular weight excluding hydrogens is 416 g/mol. The number of hydrogen-bond donors (Lipinski definition) is 1. The smallest absolute Gasteiger partial charge is 0.259 e. The van der Waals surface area contributed by atoms with Gasteiger partial charge in [-0.1, -0.05) is 38.1 Å². The molecule has 0 radical (unpaired) electrons. The van der Waals surface area contributed by atoms with Crippen molar-refractivity contribution in [3.63, 3.8) is 0 Å². The number of rotatable bonds is 6. The first-order valence-electron chi connectivity index (χ1n) is 11.9. The van der Waals surface area contributed by atoms with Gasteiger partial charge in [-0.2, -0.15) is 0 Å². The van der Waals surface area contributed by atoms with Crippen LogP contribution < -0.4 is 5.32 Å². The molecule has 5 rings (SSSR count). The molecule has 2 aromatic heterocycles. The summed E-state index contributed by atoms with van der Waals surface area (Å²) in [5.74, 6) is 0.264. The lowest BCUT2D eigenvalue weighted by Gasteiger charge is -2.26. The largest absolute Gasteiger partial charge is 0.379 e. The van der Waals surface area contributed by atoms with Crippen LogP contribution in [0.1, 0.15) is 66.8 Å². The van der Waals surface area contributed by atoms with Crippen molar-refractivity contribution in [3.05, 3.63) is 52.8 Å². The van der Waals surface area contributed by atoms with Gasteiger partial charge in [0, 0.05) is 36.9 Å². The average molecular weight is 449 g/mol. The Hall–Kier alpha value is -2.77. The fourth-order valence-corrected chi connectivity index (χ4v) is 4.38. The lowest BCUT2D eigenvalue weighted by atomic mass is 9.89. The maximum atomic E-state index is 13.5. The molecule has 7 heteroatoms. The zero-order chi connectivity index (χ0) is 23.0. The highest BCUT2D eigenvalue weighted by Gasteiger charge is 2.30. The molecule has 1 aliphatic heterocycles. The summed E-state index contributed by atoms with van der Waals surface area (Å²) in [5.41, 5.74) is 4.75. The third-order valence-electron chi connectivity index (χ3n) is 6.17.